The van der Waals surface area contributed by atoms with Crippen LogP contribution in [0.25, 0.3) is 34.1 Å². The average molecular weight is 786 g/mol. The second kappa shape index (κ2) is 19.8. The maximum absolute atomic E-state index is 12.4. The molecule has 0 amide bonds. The first kappa shape index (κ1) is 42.3. The molecule has 0 N–H and O–H groups in total. The first-order valence-electron chi connectivity index (χ1n) is 20.1. The van der Waals surface area contributed by atoms with Gasteiger partial charge in [0.1, 0.15) is 19.3 Å². The topological polar surface area (TPSA) is 100 Å². The van der Waals surface area contributed by atoms with Gasteiger partial charge in [-0.25, -0.2) is 4.98 Å². The molecule has 5 rings (SSSR count). The quantitative estimate of drug-likeness (QED) is 0.0285. The Hall–Kier alpha value is -3.85. The molecule has 1 saturated carbocycles. The zero-order valence-corrected chi connectivity index (χ0v) is 36.5. The van der Waals surface area contributed by atoms with Crippen molar-refractivity contribution in [1.82, 2.24) is 19.6 Å². The number of fused-ring (bicyclic) bond motifs is 1. The molecule has 1 aliphatic carbocycles. The third kappa shape index (κ3) is 12.3. The SMILES string of the molecule is CCOC=Cc1c(C2CCC(CC(=O)OCC)CC2)nc2c(-c3ccc(-c4ccccc4)nc3)cnn2c1N(COCC[Si](C)(C)C)COCC[Si](C)(C)C. The van der Waals surface area contributed by atoms with Crippen LogP contribution in [0.2, 0.25) is 51.4 Å². The van der Waals surface area contributed by atoms with Crippen molar-refractivity contribution < 1.29 is 23.7 Å². The molecule has 4 aromatic rings. The monoisotopic (exact) mass is 785 g/mol. The molecule has 1 aliphatic rings. The van der Waals surface area contributed by atoms with Gasteiger partial charge in [-0.3, -0.25) is 9.78 Å². The summed E-state index contributed by atoms with van der Waals surface area (Å²) >= 11 is 0. The van der Waals surface area contributed by atoms with Gasteiger partial charge >= 0.3 is 5.97 Å². The zero-order chi connectivity index (χ0) is 39.4. The van der Waals surface area contributed by atoms with Crippen LogP contribution in [0.4, 0.5) is 5.82 Å². The van der Waals surface area contributed by atoms with Crippen molar-refractivity contribution in [2.75, 3.05) is 44.8 Å². The van der Waals surface area contributed by atoms with Crippen molar-refractivity contribution in [2.24, 2.45) is 5.92 Å². The minimum absolute atomic E-state index is 0.109. The van der Waals surface area contributed by atoms with Crippen molar-refractivity contribution in [3.8, 4) is 22.4 Å². The first-order valence-corrected chi connectivity index (χ1v) is 27.6. The van der Waals surface area contributed by atoms with Gasteiger partial charge in [0.25, 0.3) is 0 Å². The first-order chi connectivity index (χ1) is 26.4. The number of anilines is 1. The number of rotatable bonds is 20. The Bertz CT molecular complexity index is 1810. The maximum Gasteiger partial charge on any atom is 0.306 e. The minimum Gasteiger partial charge on any atom is -0.501 e. The van der Waals surface area contributed by atoms with E-state index in [2.05, 4.69) is 68.4 Å². The molecule has 298 valence electrons. The van der Waals surface area contributed by atoms with Crippen molar-refractivity contribution in [3.63, 3.8) is 0 Å². The van der Waals surface area contributed by atoms with E-state index in [1.165, 1.54) is 0 Å². The molecule has 3 aromatic heterocycles. The lowest BCUT2D eigenvalue weighted by Crippen LogP contribution is -2.34. The van der Waals surface area contributed by atoms with Crippen LogP contribution in [0.15, 0.2) is 61.1 Å². The standard InChI is InChI=1S/C43H63N5O5Si2/c1-9-50-23-22-37-41(35-18-16-33(17-19-35)28-40(49)53-10-2)46-42-38(36-20-21-39(44-29-36)34-14-12-11-13-15-34)30-45-48(42)43(37)47(31-51-24-26-54(3,4)5)32-52-25-27-55(6,7)8/h11-15,20-23,29-30,33,35H,9-10,16-19,24-28,31-32H2,1-8H3. The summed E-state index contributed by atoms with van der Waals surface area (Å²) in [7, 11) is -2.62. The van der Waals surface area contributed by atoms with Crippen LogP contribution < -0.4 is 4.90 Å². The van der Waals surface area contributed by atoms with Crippen LogP contribution in [0.3, 0.4) is 0 Å². The predicted molar refractivity (Wildman–Crippen MR) is 229 cm³/mol. The molecule has 10 nitrogen and oxygen atoms in total. The highest BCUT2D eigenvalue weighted by atomic mass is 28.3. The number of esters is 1. The van der Waals surface area contributed by atoms with Crippen molar-refractivity contribution in [3.05, 3.63) is 72.4 Å². The summed E-state index contributed by atoms with van der Waals surface area (Å²) in [4.78, 5) is 24.9. The van der Waals surface area contributed by atoms with Crippen molar-refractivity contribution in [2.45, 2.75) is 103 Å². The zero-order valence-electron chi connectivity index (χ0n) is 34.5. The highest BCUT2D eigenvalue weighted by molar-refractivity contribution is 6.76. The van der Waals surface area contributed by atoms with Gasteiger partial charge in [-0.2, -0.15) is 9.61 Å². The second-order valence-corrected chi connectivity index (χ2v) is 28.3. The summed E-state index contributed by atoms with van der Waals surface area (Å²) in [6, 6.07) is 16.5. The molecule has 0 bridgehead atoms. The summed E-state index contributed by atoms with van der Waals surface area (Å²) in [5.41, 5.74) is 6.54. The summed E-state index contributed by atoms with van der Waals surface area (Å²) in [6.45, 7) is 21.1. The number of pyridine rings is 1. The fraction of sp³-hybridized carbons (Fsp3) is 0.535. The van der Waals surface area contributed by atoms with E-state index in [0.29, 0.717) is 52.2 Å². The van der Waals surface area contributed by atoms with E-state index in [0.717, 1.165) is 82.9 Å². The van der Waals surface area contributed by atoms with E-state index in [4.69, 9.17) is 34.0 Å². The third-order valence-electron chi connectivity index (χ3n) is 10.1. The Morgan fingerprint density at radius 1 is 0.855 bits per heavy atom. The molecule has 0 radical (unpaired) electrons. The number of hydrogen-bond acceptors (Lipinski definition) is 9. The van der Waals surface area contributed by atoms with Gasteiger partial charge in [-0.05, 0) is 69.7 Å². The third-order valence-corrected chi connectivity index (χ3v) is 13.5. The predicted octanol–water partition coefficient (Wildman–Crippen LogP) is 10.1. The Kier molecular flexibility index (Phi) is 15.3. The molecular formula is C43H63N5O5Si2. The van der Waals surface area contributed by atoms with Crippen LogP contribution >= 0.6 is 0 Å². The molecule has 55 heavy (non-hydrogen) atoms. The number of carbonyl (C=O) groups excluding carboxylic acids is 1. The van der Waals surface area contributed by atoms with Crippen LogP contribution in [-0.2, 0) is 23.7 Å². The Balaban J connectivity index is 1.61. The lowest BCUT2D eigenvalue weighted by atomic mass is 9.78. The van der Waals surface area contributed by atoms with Gasteiger partial charge in [0.15, 0.2) is 5.65 Å². The van der Waals surface area contributed by atoms with E-state index < -0.39 is 16.1 Å². The second-order valence-electron chi connectivity index (χ2n) is 17.0. The van der Waals surface area contributed by atoms with Gasteiger partial charge in [0, 0.05) is 70.2 Å². The van der Waals surface area contributed by atoms with Gasteiger partial charge in [-0.1, -0.05) is 75.7 Å². The molecular weight excluding hydrogens is 723 g/mol. The highest BCUT2D eigenvalue weighted by Gasteiger charge is 2.31. The van der Waals surface area contributed by atoms with Gasteiger partial charge in [0.05, 0.1) is 37.1 Å². The lowest BCUT2D eigenvalue weighted by molar-refractivity contribution is -0.144. The van der Waals surface area contributed by atoms with Crippen molar-refractivity contribution >= 4 is 39.7 Å². The summed E-state index contributed by atoms with van der Waals surface area (Å²) < 4.78 is 26.0. The number of hydrogen-bond donors (Lipinski definition) is 0. The van der Waals surface area contributed by atoms with Crippen molar-refractivity contribution in [1.29, 1.82) is 0 Å². The van der Waals surface area contributed by atoms with Gasteiger partial charge in [0.2, 0.25) is 0 Å². The largest absolute Gasteiger partial charge is 0.501 e. The lowest BCUT2D eigenvalue weighted by Gasteiger charge is -2.32. The Labute approximate surface area is 330 Å². The molecule has 0 unspecified atom stereocenters. The minimum atomic E-state index is -1.31. The van der Waals surface area contributed by atoms with Gasteiger partial charge in [-0.15, -0.1) is 0 Å². The number of nitrogens with zero attached hydrogens (tertiary/aromatic N) is 5. The highest BCUT2D eigenvalue weighted by Crippen LogP contribution is 2.42. The van der Waals surface area contributed by atoms with E-state index in [9.17, 15) is 4.79 Å². The van der Waals surface area contributed by atoms with Crippen LogP contribution in [0, 0.1) is 5.92 Å². The Morgan fingerprint density at radius 2 is 1.53 bits per heavy atom. The molecule has 0 atom stereocenters. The van der Waals surface area contributed by atoms with Gasteiger partial charge < -0.3 is 23.8 Å². The number of ether oxygens (including phenoxy) is 4. The summed E-state index contributed by atoms with van der Waals surface area (Å²) in [5.74, 6) is 1.23. The Morgan fingerprint density at radius 3 is 2.11 bits per heavy atom. The van der Waals surface area contributed by atoms with E-state index >= 15 is 0 Å². The van der Waals surface area contributed by atoms with Crippen LogP contribution in [0.5, 0.6) is 0 Å². The molecule has 0 aliphatic heterocycles. The van der Waals surface area contributed by atoms with E-state index in [-0.39, 0.29) is 11.9 Å². The van der Waals surface area contributed by atoms with Crippen LogP contribution in [0.1, 0.15) is 63.1 Å². The summed E-state index contributed by atoms with van der Waals surface area (Å²) in [6.07, 6.45) is 11.8. The molecule has 1 fully saturated rings. The molecule has 1 aromatic carbocycles. The van der Waals surface area contributed by atoms with E-state index in [1.54, 1.807) is 6.26 Å². The number of benzene rings is 1. The maximum atomic E-state index is 12.4. The van der Waals surface area contributed by atoms with E-state index in [1.807, 2.05) is 55.0 Å². The fourth-order valence-corrected chi connectivity index (χ4v) is 8.41. The van der Waals surface area contributed by atoms with Crippen LogP contribution in [-0.4, -0.2) is 81.6 Å². The number of aromatic nitrogens is 4. The smallest absolute Gasteiger partial charge is 0.306 e. The molecule has 12 heteroatoms. The normalized spacial score (nSPS) is 16.5. The average Bonchev–Trinajstić information content (AvgIpc) is 3.58. The molecule has 0 saturated heterocycles. The molecule has 3 heterocycles. The summed E-state index contributed by atoms with van der Waals surface area (Å²) in [5, 5.41) is 5.03. The fourth-order valence-electron chi connectivity index (χ4n) is 6.89. The molecule has 0 spiro atoms. The number of carbonyl (C=O) groups is 1.